The second-order valence-electron chi connectivity index (χ2n) is 9.51. The summed E-state index contributed by atoms with van der Waals surface area (Å²) in [5.41, 5.74) is -0.223. The van der Waals surface area contributed by atoms with E-state index < -0.39 is 52.5 Å². The van der Waals surface area contributed by atoms with Crippen molar-refractivity contribution in [3.8, 4) is 0 Å². The Kier molecular flexibility index (Phi) is 10.1. The number of benzene rings is 1. The van der Waals surface area contributed by atoms with Gasteiger partial charge in [0.1, 0.15) is 24.1 Å². The topological polar surface area (TPSA) is 199 Å². The maximum Gasteiger partial charge on any atom is 0.481 e. The Balaban J connectivity index is 1.30. The molecule has 0 spiro atoms. The van der Waals surface area contributed by atoms with Crippen LogP contribution in [0.15, 0.2) is 47.4 Å². The highest BCUT2D eigenvalue weighted by molar-refractivity contribution is 7.61. The van der Waals surface area contributed by atoms with Crippen LogP contribution in [0.3, 0.4) is 0 Å². The molecular formula is C23H33N3O11P2. The summed E-state index contributed by atoms with van der Waals surface area (Å²) in [6.07, 6.45) is 1.24. The van der Waals surface area contributed by atoms with Crippen molar-refractivity contribution in [2.45, 2.75) is 63.3 Å². The van der Waals surface area contributed by atoms with Crippen molar-refractivity contribution < 1.29 is 47.2 Å². The van der Waals surface area contributed by atoms with Crippen LogP contribution in [-0.2, 0) is 33.8 Å². The van der Waals surface area contributed by atoms with E-state index in [2.05, 4.69) is 14.6 Å². The zero-order valence-electron chi connectivity index (χ0n) is 21.0. The fraction of sp³-hybridized carbons (Fsp3) is 0.565. The average molecular weight is 589 g/mol. The predicted octanol–water partition coefficient (Wildman–Crippen LogP) is 2.31. The lowest BCUT2D eigenvalue weighted by molar-refractivity contribution is -0.0542. The summed E-state index contributed by atoms with van der Waals surface area (Å²) in [6.45, 7) is -0.493. The van der Waals surface area contributed by atoms with Gasteiger partial charge in [-0.3, -0.25) is 13.6 Å². The molecule has 216 valence electrons. The summed E-state index contributed by atoms with van der Waals surface area (Å²) in [5, 5.41) is 24.0. The van der Waals surface area contributed by atoms with Gasteiger partial charge in [-0.05, 0) is 30.4 Å². The molecule has 1 saturated heterocycles. The van der Waals surface area contributed by atoms with Crippen LogP contribution in [0.1, 0.15) is 43.9 Å². The van der Waals surface area contributed by atoms with Gasteiger partial charge in [0, 0.05) is 12.7 Å². The van der Waals surface area contributed by atoms with Crippen molar-refractivity contribution in [1.29, 1.82) is 0 Å². The third-order valence-electron chi connectivity index (χ3n) is 6.58. The first kappa shape index (κ1) is 30.0. The van der Waals surface area contributed by atoms with Gasteiger partial charge in [-0.2, -0.15) is 9.29 Å². The molecule has 1 aromatic heterocycles. The monoisotopic (exact) mass is 589 g/mol. The number of aromatic nitrogens is 2. The van der Waals surface area contributed by atoms with Gasteiger partial charge in [-0.1, -0.05) is 49.6 Å². The van der Waals surface area contributed by atoms with Crippen LogP contribution in [0.25, 0.3) is 0 Å². The molecule has 2 aromatic rings. The Hall–Kier alpha value is -1.96. The maximum atomic E-state index is 12.6. The van der Waals surface area contributed by atoms with Gasteiger partial charge in [0.05, 0.1) is 13.2 Å². The van der Waals surface area contributed by atoms with Gasteiger partial charge >= 0.3 is 21.3 Å². The Morgan fingerprint density at radius 2 is 1.69 bits per heavy atom. The standard InChI is InChI=1S/C23H33N3O11P2/c27-20-18(15-35-39(32,33)37-38(30,31)34-14-17-9-5-2-6-10-17)36-22(21(20)28)26-12-11-19(25-23(26)29)24-13-16-7-3-1-4-8-16/h2,5-6,9-12,16,18,20-22,27-28H,1,3-4,7-8,13-15H2,(H,30,31)(H,32,33)(H,24,25,29)/t18-,20?,21+,22-/m1/s1. The Bertz CT molecular complexity index is 1240. The highest BCUT2D eigenvalue weighted by atomic mass is 31.3. The second kappa shape index (κ2) is 13.1. The first-order chi connectivity index (χ1) is 18.5. The summed E-state index contributed by atoms with van der Waals surface area (Å²) in [7, 11) is -10.2. The van der Waals surface area contributed by atoms with Gasteiger partial charge in [0.2, 0.25) is 0 Å². The van der Waals surface area contributed by atoms with Crippen LogP contribution in [-0.4, -0.2) is 61.0 Å². The number of phosphoric acid groups is 2. The Labute approximate surface area is 224 Å². The molecular weight excluding hydrogens is 556 g/mol. The zero-order valence-corrected chi connectivity index (χ0v) is 22.8. The molecule has 2 fully saturated rings. The molecule has 0 amide bonds. The van der Waals surface area contributed by atoms with Gasteiger partial charge in [-0.25, -0.2) is 13.9 Å². The second-order valence-corrected chi connectivity index (χ2v) is 12.6. The van der Waals surface area contributed by atoms with Crippen LogP contribution in [0.4, 0.5) is 5.82 Å². The van der Waals surface area contributed by atoms with E-state index in [0.29, 0.717) is 23.8 Å². The van der Waals surface area contributed by atoms with Crippen molar-refractivity contribution >= 4 is 21.5 Å². The number of aliphatic hydroxyl groups excluding tert-OH is 2. The lowest BCUT2D eigenvalue weighted by atomic mass is 9.89. The number of aliphatic hydroxyl groups is 2. The maximum absolute atomic E-state index is 12.6. The number of hydrogen-bond acceptors (Lipinski definition) is 11. The summed E-state index contributed by atoms with van der Waals surface area (Å²) in [4.78, 5) is 36.2. The highest BCUT2D eigenvalue weighted by Crippen LogP contribution is 2.60. The van der Waals surface area contributed by atoms with E-state index in [-0.39, 0.29) is 6.61 Å². The first-order valence-electron chi connectivity index (χ1n) is 12.6. The zero-order chi connectivity index (χ0) is 28.0. The van der Waals surface area contributed by atoms with Crippen LogP contribution >= 0.6 is 15.6 Å². The molecule has 4 rings (SSSR count). The molecule has 2 heterocycles. The van der Waals surface area contributed by atoms with Crippen molar-refractivity contribution in [3.05, 3.63) is 58.6 Å². The minimum absolute atomic E-state index is 0.370. The van der Waals surface area contributed by atoms with Gasteiger partial charge in [0.25, 0.3) is 0 Å². The van der Waals surface area contributed by atoms with Crippen LogP contribution in [0.2, 0.25) is 0 Å². The lowest BCUT2D eigenvalue weighted by Crippen LogP contribution is -2.36. The van der Waals surface area contributed by atoms with Crippen molar-refractivity contribution in [1.82, 2.24) is 9.55 Å². The van der Waals surface area contributed by atoms with E-state index in [0.717, 1.165) is 17.4 Å². The lowest BCUT2D eigenvalue weighted by Gasteiger charge is -2.22. The molecule has 16 heteroatoms. The van der Waals surface area contributed by atoms with Crippen molar-refractivity contribution in [2.75, 3.05) is 18.5 Å². The number of nitrogens with one attached hydrogen (secondary N) is 1. The number of hydrogen-bond donors (Lipinski definition) is 5. The fourth-order valence-electron chi connectivity index (χ4n) is 4.52. The molecule has 6 atom stereocenters. The molecule has 1 aliphatic carbocycles. The molecule has 1 aliphatic heterocycles. The number of rotatable bonds is 12. The first-order valence-corrected chi connectivity index (χ1v) is 15.6. The average Bonchev–Trinajstić information content (AvgIpc) is 3.19. The molecule has 0 radical (unpaired) electrons. The third kappa shape index (κ3) is 8.51. The Morgan fingerprint density at radius 1 is 1.00 bits per heavy atom. The summed E-state index contributed by atoms with van der Waals surface area (Å²) < 4.78 is 44.5. The summed E-state index contributed by atoms with van der Waals surface area (Å²) >= 11 is 0. The van der Waals surface area contributed by atoms with Crippen LogP contribution in [0, 0.1) is 5.92 Å². The molecule has 2 aliphatic rings. The minimum Gasteiger partial charge on any atom is -0.387 e. The van der Waals surface area contributed by atoms with E-state index in [1.165, 1.54) is 25.5 Å². The van der Waals surface area contributed by atoms with Gasteiger partial charge < -0.3 is 30.1 Å². The number of anilines is 1. The predicted molar refractivity (Wildman–Crippen MR) is 137 cm³/mol. The third-order valence-corrected chi connectivity index (χ3v) is 9.17. The van der Waals surface area contributed by atoms with E-state index in [1.54, 1.807) is 36.4 Å². The van der Waals surface area contributed by atoms with Crippen LogP contribution in [0.5, 0.6) is 0 Å². The molecule has 0 bridgehead atoms. The minimum atomic E-state index is -5.16. The number of nitrogens with zero attached hydrogens (tertiary/aromatic N) is 2. The molecule has 5 N–H and O–H groups in total. The fourth-order valence-corrected chi connectivity index (χ4v) is 6.58. The largest absolute Gasteiger partial charge is 0.481 e. The highest BCUT2D eigenvalue weighted by Gasteiger charge is 2.46. The van der Waals surface area contributed by atoms with E-state index in [1.807, 2.05) is 0 Å². The van der Waals surface area contributed by atoms with Crippen LogP contribution < -0.4 is 11.0 Å². The number of ether oxygens (including phenoxy) is 1. The van der Waals surface area contributed by atoms with E-state index in [4.69, 9.17) is 13.8 Å². The van der Waals surface area contributed by atoms with Crippen molar-refractivity contribution in [2.24, 2.45) is 5.92 Å². The van der Waals surface area contributed by atoms with Crippen molar-refractivity contribution in [3.63, 3.8) is 0 Å². The Morgan fingerprint density at radius 3 is 2.38 bits per heavy atom. The number of phosphoric ester groups is 2. The molecule has 14 nitrogen and oxygen atoms in total. The summed E-state index contributed by atoms with van der Waals surface area (Å²) in [6, 6.07) is 9.83. The van der Waals surface area contributed by atoms with Gasteiger partial charge in [-0.15, -0.1) is 0 Å². The molecule has 1 saturated carbocycles. The van der Waals surface area contributed by atoms with E-state index >= 15 is 0 Å². The SMILES string of the molecule is O=c1nc(NCC2CCCCC2)ccn1[C@@H]1O[C@H](COP(=O)(O)OP(=O)(O)OCc2ccccc2)C(O)[C@@H]1O. The molecule has 3 unspecified atom stereocenters. The molecule has 39 heavy (non-hydrogen) atoms. The van der Waals surface area contributed by atoms with Gasteiger partial charge in [0.15, 0.2) is 6.23 Å². The quantitative estimate of drug-likeness (QED) is 0.226. The molecule has 1 aromatic carbocycles. The smallest absolute Gasteiger partial charge is 0.387 e. The van der Waals surface area contributed by atoms with E-state index in [9.17, 15) is 33.9 Å². The summed E-state index contributed by atoms with van der Waals surface area (Å²) in [5.74, 6) is 0.886. The normalized spacial score (nSPS) is 27.1.